The lowest BCUT2D eigenvalue weighted by Gasteiger charge is -2.39. The van der Waals surface area contributed by atoms with E-state index in [0.29, 0.717) is 11.5 Å². The van der Waals surface area contributed by atoms with Crippen LogP contribution in [0.3, 0.4) is 0 Å². The smallest absolute Gasteiger partial charge is 0.0107 e. The summed E-state index contributed by atoms with van der Waals surface area (Å²) in [6.07, 6.45) is 5.32. The second-order valence-electron chi connectivity index (χ2n) is 7.30. The lowest BCUT2D eigenvalue weighted by molar-refractivity contribution is 0.147. The van der Waals surface area contributed by atoms with Crippen LogP contribution in [0, 0.1) is 11.3 Å². The molecule has 108 valence electrons. The van der Waals surface area contributed by atoms with E-state index in [-0.39, 0.29) is 0 Å². The van der Waals surface area contributed by atoms with Crippen molar-refractivity contribution in [3.8, 4) is 0 Å². The van der Waals surface area contributed by atoms with E-state index >= 15 is 0 Å². The molecule has 1 aliphatic carbocycles. The number of hydrogen-bond acceptors (Lipinski definition) is 2. The van der Waals surface area contributed by atoms with E-state index in [9.17, 15) is 0 Å². The van der Waals surface area contributed by atoms with Gasteiger partial charge in [0.05, 0.1) is 0 Å². The van der Waals surface area contributed by atoms with Gasteiger partial charge in [-0.25, -0.2) is 0 Å². The van der Waals surface area contributed by atoms with Crippen molar-refractivity contribution in [3.05, 3.63) is 0 Å². The molecule has 0 aromatic rings. The molecule has 2 heteroatoms. The van der Waals surface area contributed by atoms with Crippen LogP contribution in [0.25, 0.3) is 0 Å². The molecule has 1 N–H and O–H groups in total. The molecule has 3 unspecified atom stereocenters. The van der Waals surface area contributed by atoms with Crippen LogP contribution < -0.4 is 5.32 Å². The van der Waals surface area contributed by atoms with Gasteiger partial charge in [0.15, 0.2) is 0 Å². The molecule has 1 saturated carbocycles. The van der Waals surface area contributed by atoms with Gasteiger partial charge in [0.2, 0.25) is 0 Å². The minimum absolute atomic E-state index is 0.526. The van der Waals surface area contributed by atoms with Gasteiger partial charge in [-0.15, -0.1) is 0 Å². The molecule has 1 fully saturated rings. The third kappa shape index (κ3) is 5.27. The third-order valence-corrected chi connectivity index (χ3v) is 4.63. The summed E-state index contributed by atoms with van der Waals surface area (Å²) in [5, 5.41) is 3.78. The van der Waals surface area contributed by atoms with Crippen molar-refractivity contribution in [2.45, 2.75) is 72.4 Å². The standard InChI is InChI=1S/C16H34N2/c1-7-14(3)18(6)9-8-17-15-10-13(2)11-16(4,5)12-15/h13-15,17H,7-12H2,1-6H3. The van der Waals surface area contributed by atoms with Gasteiger partial charge in [-0.2, -0.15) is 0 Å². The maximum atomic E-state index is 3.78. The molecule has 0 saturated heterocycles. The Labute approximate surface area is 115 Å². The van der Waals surface area contributed by atoms with Crippen molar-refractivity contribution < 1.29 is 0 Å². The van der Waals surface area contributed by atoms with Crippen LogP contribution in [-0.4, -0.2) is 37.1 Å². The molecule has 0 amide bonds. The van der Waals surface area contributed by atoms with Gasteiger partial charge >= 0.3 is 0 Å². The van der Waals surface area contributed by atoms with E-state index < -0.39 is 0 Å². The molecule has 0 spiro atoms. The summed E-state index contributed by atoms with van der Waals surface area (Å²) >= 11 is 0. The highest BCUT2D eigenvalue weighted by Crippen LogP contribution is 2.38. The summed E-state index contributed by atoms with van der Waals surface area (Å²) in [6, 6.07) is 1.43. The highest BCUT2D eigenvalue weighted by molar-refractivity contribution is 4.86. The van der Waals surface area contributed by atoms with Crippen LogP contribution in [0.4, 0.5) is 0 Å². The minimum atomic E-state index is 0.526. The Morgan fingerprint density at radius 1 is 1.33 bits per heavy atom. The van der Waals surface area contributed by atoms with Gasteiger partial charge < -0.3 is 10.2 Å². The zero-order chi connectivity index (χ0) is 13.8. The zero-order valence-electron chi connectivity index (χ0n) is 13.4. The van der Waals surface area contributed by atoms with Gasteiger partial charge in [-0.3, -0.25) is 0 Å². The molecule has 0 aromatic heterocycles. The Kier molecular flexibility index (Phi) is 6.13. The summed E-state index contributed by atoms with van der Waals surface area (Å²) in [5.74, 6) is 0.874. The van der Waals surface area contributed by atoms with E-state index in [1.165, 1.54) is 32.2 Å². The SMILES string of the molecule is CCC(C)N(C)CCNC1CC(C)CC(C)(C)C1. The molecular formula is C16H34N2. The molecule has 0 radical (unpaired) electrons. The molecule has 0 aromatic carbocycles. The molecule has 3 atom stereocenters. The molecule has 18 heavy (non-hydrogen) atoms. The molecule has 0 aliphatic heterocycles. The maximum Gasteiger partial charge on any atom is 0.0107 e. The van der Waals surface area contributed by atoms with Crippen LogP contribution in [0.1, 0.15) is 60.3 Å². The molecule has 1 rings (SSSR count). The molecule has 2 nitrogen and oxygen atoms in total. The number of nitrogens with one attached hydrogen (secondary N) is 1. The van der Waals surface area contributed by atoms with E-state index in [0.717, 1.165) is 18.5 Å². The second-order valence-corrected chi connectivity index (χ2v) is 7.30. The zero-order valence-corrected chi connectivity index (χ0v) is 13.4. The fourth-order valence-electron chi connectivity index (χ4n) is 3.48. The van der Waals surface area contributed by atoms with Gasteiger partial charge in [0.25, 0.3) is 0 Å². The summed E-state index contributed by atoms with van der Waals surface area (Å²) in [5.41, 5.74) is 0.526. The number of nitrogens with zero attached hydrogens (tertiary/aromatic N) is 1. The first-order valence-corrected chi connectivity index (χ1v) is 7.77. The minimum Gasteiger partial charge on any atom is -0.313 e. The first kappa shape index (κ1) is 16.0. The molecule has 1 aliphatic rings. The Morgan fingerprint density at radius 2 is 2.00 bits per heavy atom. The second kappa shape index (κ2) is 6.91. The average molecular weight is 254 g/mol. The molecular weight excluding hydrogens is 220 g/mol. The van der Waals surface area contributed by atoms with E-state index in [1.54, 1.807) is 0 Å². The van der Waals surface area contributed by atoms with Gasteiger partial charge in [0, 0.05) is 25.2 Å². The highest BCUT2D eigenvalue weighted by atomic mass is 15.1. The van der Waals surface area contributed by atoms with Crippen LogP contribution in [0.5, 0.6) is 0 Å². The first-order valence-electron chi connectivity index (χ1n) is 7.77. The predicted molar refractivity (Wildman–Crippen MR) is 81.0 cm³/mol. The number of likely N-dealkylation sites (N-methyl/N-ethyl adjacent to an activating group) is 1. The lowest BCUT2D eigenvalue weighted by atomic mass is 9.70. The Balaban J connectivity index is 2.27. The van der Waals surface area contributed by atoms with Crippen molar-refractivity contribution in [2.24, 2.45) is 11.3 Å². The van der Waals surface area contributed by atoms with E-state index in [1.807, 2.05) is 0 Å². The normalized spacial score (nSPS) is 29.5. The largest absolute Gasteiger partial charge is 0.313 e. The molecule has 0 bridgehead atoms. The number of hydrogen-bond donors (Lipinski definition) is 1. The number of rotatable bonds is 6. The van der Waals surface area contributed by atoms with E-state index in [2.05, 4.69) is 51.9 Å². The topological polar surface area (TPSA) is 15.3 Å². The fourth-order valence-corrected chi connectivity index (χ4v) is 3.48. The molecule has 0 heterocycles. The Bertz CT molecular complexity index is 237. The van der Waals surface area contributed by atoms with Crippen LogP contribution in [0.2, 0.25) is 0 Å². The van der Waals surface area contributed by atoms with Gasteiger partial charge in [-0.1, -0.05) is 27.7 Å². The summed E-state index contributed by atoms with van der Waals surface area (Å²) < 4.78 is 0. The Morgan fingerprint density at radius 3 is 2.56 bits per heavy atom. The summed E-state index contributed by atoms with van der Waals surface area (Å²) in [4.78, 5) is 2.46. The fraction of sp³-hybridized carbons (Fsp3) is 1.00. The quantitative estimate of drug-likeness (QED) is 0.780. The monoisotopic (exact) mass is 254 g/mol. The predicted octanol–water partition coefficient (Wildman–Crippen LogP) is 3.52. The first-order chi connectivity index (χ1) is 8.34. The Hall–Kier alpha value is -0.0800. The van der Waals surface area contributed by atoms with Crippen LogP contribution in [0.15, 0.2) is 0 Å². The van der Waals surface area contributed by atoms with Crippen LogP contribution >= 0.6 is 0 Å². The van der Waals surface area contributed by atoms with Crippen molar-refractivity contribution in [2.75, 3.05) is 20.1 Å². The maximum absolute atomic E-state index is 3.78. The lowest BCUT2D eigenvalue weighted by Crippen LogP contribution is -2.43. The van der Waals surface area contributed by atoms with Gasteiger partial charge in [-0.05, 0) is 51.0 Å². The average Bonchev–Trinajstić information content (AvgIpc) is 2.25. The summed E-state index contributed by atoms with van der Waals surface area (Å²) in [6.45, 7) is 14.1. The van der Waals surface area contributed by atoms with E-state index in [4.69, 9.17) is 0 Å². The van der Waals surface area contributed by atoms with Crippen LogP contribution in [-0.2, 0) is 0 Å². The van der Waals surface area contributed by atoms with Gasteiger partial charge in [0.1, 0.15) is 0 Å². The van der Waals surface area contributed by atoms with Crippen molar-refractivity contribution in [3.63, 3.8) is 0 Å². The highest BCUT2D eigenvalue weighted by Gasteiger charge is 2.31. The van der Waals surface area contributed by atoms with Crippen molar-refractivity contribution in [1.29, 1.82) is 0 Å². The third-order valence-electron chi connectivity index (χ3n) is 4.63. The van der Waals surface area contributed by atoms with Crippen molar-refractivity contribution >= 4 is 0 Å². The summed E-state index contributed by atoms with van der Waals surface area (Å²) in [7, 11) is 2.24. The van der Waals surface area contributed by atoms with Crippen molar-refractivity contribution in [1.82, 2.24) is 10.2 Å².